The topological polar surface area (TPSA) is 48.3 Å². The molecular weight excluding hydrogens is 230 g/mol. The monoisotopic (exact) mass is 247 g/mol. The number of rotatable bonds is 5. The second-order valence-corrected chi connectivity index (χ2v) is 3.87. The molecule has 1 aromatic heterocycles. The van der Waals surface area contributed by atoms with Gasteiger partial charge in [-0.2, -0.15) is 5.10 Å². The molecule has 18 heavy (non-hydrogen) atoms. The molecule has 2 aromatic rings. The average molecular weight is 247 g/mol. The summed E-state index contributed by atoms with van der Waals surface area (Å²) in [4.78, 5) is 0. The fourth-order valence-electron chi connectivity index (χ4n) is 1.75. The lowest BCUT2D eigenvalue weighted by Gasteiger charge is -2.09. The Morgan fingerprint density at radius 2 is 2.00 bits per heavy atom. The summed E-state index contributed by atoms with van der Waals surface area (Å²) >= 11 is 0. The molecule has 0 aliphatic rings. The van der Waals surface area contributed by atoms with E-state index in [1.54, 1.807) is 20.4 Å². The third-order valence-electron chi connectivity index (χ3n) is 2.71. The SMILES string of the molecule is CNc1cnn(Cc2ccc(OC)c(OC)c2)c1. The molecule has 0 saturated carbocycles. The van der Waals surface area contributed by atoms with Gasteiger partial charge < -0.3 is 14.8 Å². The van der Waals surface area contributed by atoms with Crippen LogP contribution in [0, 0.1) is 0 Å². The minimum atomic E-state index is 0.696. The molecule has 0 bridgehead atoms. The van der Waals surface area contributed by atoms with E-state index in [1.165, 1.54) is 0 Å². The van der Waals surface area contributed by atoms with Gasteiger partial charge in [0.15, 0.2) is 11.5 Å². The number of aromatic nitrogens is 2. The quantitative estimate of drug-likeness (QED) is 0.877. The number of nitrogens with zero attached hydrogens (tertiary/aromatic N) is 2. The number of hydrogen-bond donors (Lipinski definition) is 1. The fraction of sp³-hybridized carbons (Fsp3) is 0.308. The summed E-state index contributed by atoms with van der Waals surface area (Å²) in [5.41, 5.74) is 2.11. The summed E-state index contributed by atoms with van der Waals surface area (Å²) in [6, 6.07) is 5.86. The zero-order chi connectivity index (χ0) is 13.0. The summed E-state index contributed by atoms with van der Waals surface area (Å²) in [7, 11) is 5.14. The third kappa shape index (κ3) is 2.56. The van der Waals surface area contributed by atoms with E-state index in [4.69, 9.17) is 9.47 Å². The summed E-state index contributed by atoms with van der Waals surface area (Å²) < 4.78 is 12.3. The van der Waals surface area contributed by atoms with E-state index in [2.05, 4.69) is 10.4 Å². The van der Waals surface area contributed by atoms with Crippen molar-refractivity contribution in [2.45, 2.75) is 6.54 Å². The second kappa shape index (κ2) is 5.44. The summed E-state index contributed by atoms with van der Waals surface area (Å²) in [6.07, 6.45) is 3.75. The maximum atomic E-state index is 5.27. The van der Waals surface area contributed by atoms with Crippen LogP contribution < -0.4 is 14.8 Å². The van der Waals surface area contributed by atoms with Crippen LogP contribution in [0.1, 0.15) is 5.56 Å². The predicted octanol–water partition coefficient (Wildman–Crippen LogP) is 1.99. The molecule has 0 saturated heterocycles. The Kier molecular flexibility index (Phi) is 3.72. The van der Waals surface area contributed by atoms with Gasteiger partial charge in [0.05, 0.1) is 32.6 Å². The minimum Gasteiger partial charge on any atom is -0.493 e. The summed E-state index contributed by atoms with van der Waals surface area (Å²) in [6.45, 7) is 0.696. The van der Waals surface area contributed by atoms with Gasteiger partial charge in [-0.25, -0.2) is 0 Å². The molecule has 1 aromatic carbocycles. The van der Waals surface area contributed by atoms with E-state index in [1.807, 2.05) is 36.1 Å². The van der Waals surface area contributed by atoms with E-state index in [0.717, 1.165) is 22.7 Å². The Bertz CT molecular complexity index is 523. The first-order valence-corrected chi connectivity index (χ1v) is 5.68. The van der Waals surface area contributed by atoms with Crippen molar-refractivity contribution in [2.24, 2.45) is 0 Å². The van der Waals surface area contributed by atoms with Crippen LogP contribution in [-0.2, 0) is 6.54 Å². The molecule has 96 valence electrons. The molecule has 1 heterocycles. The zero-order valence-electron chi connectivity index (χ0n) is 10.8. The molecule has 2 rings (SSSR count). The Hall–Kier alpha value is -2.17. The maximum absolute atomic E-state index is 5.27. The molecule has 0 spiro atoms. The molecule has 0 radical (unpaired) electrons. The van der Waals surface area contributed by atoms with Gasteiger partial charge in [-0.1, -0.05) is 6.07 Å². The molecule has 5 nitrogen and oxygen atoms in total. The number of methoxy groups -OCH3 is 2. The Morgan fingerprint density at radius 3 is 2.61 bits per heavy atom. The highest BCUT2D eigenvalue weighted by Crippen LogP contribution is 2.27. The van der Waals surface area contributed by atoms with Crippen molar-refractivity contribution in [1.29, 1.82) is 0 Å². The van der Waals surface area contributed by atoms with Crippen LogP contribution in [0.2, 0.25) is 0 Å². The molecule has 0 atom stereocenters. The number of anilines is 1. The lowest BCUT2D eigenvalue weighted by atomic mass is 10.2. The smallest absolute Gasteiger partial charge is 0.161 e. The van der Waals surface area contributed by atoms with Crippen molar-refractivity contribution >= 4 is 5.69 Å². The van der Waals surface area contributed by atoms with Crippen LogP contribution in [0.15, 0.2) is 30.6 Å². The lowest BCUT2D eigenvalue weighted by Crippen LogP contribution is -2.01. The minimum absolute atomic E-state index is 0.696. The van der Waals surface area contributed by atoms with E-state index in [-0.39, 0.29) is 0 Å². The Labute approximate surface area is 106 Å². The molecule has 0 aliphatic heterocycles. The Balaban J connectivity index is 2.18. The first kappa shape index (κ1) is 12.3. The highest BCUT2D eigenvalue weighted by Gasteiger charge is 2.05. The standard InChI is InChI=1S/C13H17N3O2/c1-14-11-7-15-16(9-11)8-10-4-5-12(17-2)13(6-10)18-3/h4-7,9,14H,8H2,1-3H3. The van der Waals surface area contributed by atoms with Crippen molar-refractivity contribution in [3.8, 4) is 11.5 Å². The van der Waals surface area contributed by atoms with Crippen LogP contribution in [0.4, 0.5) is 5.69 Å². The van der Waals surface area contributed by atoms with Crippen LogP contribution in [0.3, 0.4) is 0 Å². The van der Waals surface area contributed by atoms with Gasteiger partial charge in [-0.15, -0.1) is 0 Å². The summed E-state index contributed by atoms with van der Waals surface area (Å²) in [5, 5.41) is 7.31. The molecule has 0 amide bonds. The van der Waals surface area contributed by atoms with E-state index in [0.29, 0.717) is 6.54 Å². The van der Waals surface area contributed by atoms with Gasteiger partial charge in [0.25, 0.3) is 0 Å². The number of ether oxygens (including phenoxy) is 2. The summed E-state index contributed by atoms with van der Waals surface area (Å²) in [5.74, 6) is 1.47. The van der Waals surface area contributed by atoms with Crippen LogP contribution in [0.25, 0.3) is 0 Å². The van der Waals surface area contributed by atoms with Crippen molar-refractivity contribution in [1.82, 2.24) is 9.78 Å². The van der Waals surface area contributed by atoms with Crippen molar-refractivity contribution in [3.05, 3.63) is 36.2 Å². The molecular formula is C13H17N3O2. The highest BCUT2D eigenvalue weighted by molar-refractivity contribution is 5.43. The highest BCUT2D eigenvalue weighted by atomic mass is 16.5. The zero-order valence-corrected chi connectivity index (χ0v) is 10.8. The Morgan fingerprint density at radius 1 is 1.22 bits per heavy atom. The van der Waals surface area contributed by atoms with E-state index < -0.39 is 0 Å². The van der Waals surface area contributed by atoms with Crippen LogP contribution >= 0.6 is 0 Å². The number of benzene rings is 1. The molecule has 1 N–H and O–H groups in total. The first-order chi connectivity index (χ1) is 8.76. The van der Waals surface area contributed by atoms with Gasteiger partial charge in [0, 0.05) is 13.2 Å². The van der Waals surface area contributed by atoms with E-state index >= 15 is 0 Å². The normalized spacial score (nSPS) is 10.2. The van der Waals surface area contributed by atoms with Crippen molar-refractivity contribution < 1.29 is 9.47 Å². The van der Waals surface area contributed by atoms with Crippen molar-refractivity contribution in [3.63, 3.8) is 0 Å². The van der Waals surface area contributed by atoms with Crippen LogP contribution in [0.5, 0.6) is 11.5 Å². The van der Waals surface area contributed by atoms with Gasteiger partial charge in [-0.3, -0.25) is 4.68 Å². The fourth-order valence-corrected chi connectivity index (χ4v) is 1.75. The molecule has 5 heteroatoms. The largest absolute Gasteiger partial charge is 0.493 e. The van der Waals surface area contributed by atoms with Crippen molar-refractivity contribution in [2.75, 3.05) is 26.6 Å². The van der Waals surface area contributed by atoms with Gasteiger partial charge >= 0.3 is 0 Å². The molecule has 0 unspecified atom stereocenters. The third-order valence-corrected chi connectivity index (χ3v) is 2.71. The second-order valence-electron chi connectivity index (χ2n) is 3.87. The van der Waals surface area contributed by atoms with E-state index in [9.17, 15) is 0 Å². The first-order valence-electron chi connectivity index (χ1n) is 5.68. The van der Waals surface area contributed by atoms with Gasteiger partial charge in [0.1, 0.15) is 0 Å². The number of hydrogen-bond acceptors (Lipinski definition) is 4. The average Bonchev–Trinajstić information content (AvgIpc) is 2.86. The van der Waals surface area contributed by atoms with Crippen LogP contribution in [-0.4, -0.2) is 31.0 Å². The molecule has 0 fully saturated rings. The van der Waals surface area contributed by atoms with Gasteiger partial charge in [0.2, 0.25) is 0 Å². The lowest BCUT2D eigenvalue weighted by molar-refractivity contribution is 0.354. The maximum Gasteiger partial charge on any atom is 0.161 e. The van der Waals surface area contributed by atoms with Gasteiger partial charge in [-0.05, 0) is 17.7 Å². The number of nitrogens with one attached hydrogen (secondary N) is 1. The predicted molar refractivity (Wildman–Crippen MR) is 70.4 cm³/mol. The molecule has 0 aliphatic carbocycles.